The summed E-state index contributed by atoms with van der Waals surface area (Å²) in [5, 5.41) is 3.23. The van der Waals surface area contributed by atoms with E-state index >= 15 is 0 Å². The van der Waals surface area contributed by atoms with E-state index in [0.717, 1.165) is 11.7 Å². The summed E-state index contributed by atoms with van der Waals surface area (Å²) in [6.07, 6.45) is 5.15. The number of aromatic nitrogens is 3. The molecular formula is C10H17N3S. The van der Waals surface area contributed by atoms with Gasteiger partial charge in [0.25, 0.3) is 0 Å². The first kappa shape index (κ1) is 9.90. The molecule has 0 aromatic carbocycles. The van der Waals surface area contributed by atoms with E-state index in [1.54, 1.807) is 0 Å². The topological polar surface area (TPSA) is 33.6 Å². The molecule has 78 valence electrons. The van der Waals surface area contributed by atoms with Crippen molar-refractivity contribution in [2.45, 2.75) is 38.5 Å². The molecule has 14 heavy (non-hydrogen) atoms. The van der Waals surface area contributed by atoms with E-state index in [0.29, 0.717) is 10.7 Å². The average molecular weight is 211 g/mol. The van der Waals surface area contributed by atoms with E-state index in [4.69, 9.17) is 12.2 Å². The summed E-state index contributed by atoms with van der Waals surface area (Å²) in [6, 6.07) is 0. The van der Waals surface area contributed by atoms with Crippen molar-refractivity contribution in [3.63, 3.8) is 0 Å². The molecule has 4 heteroatoms. The van der Waals surface area contributed by atoms with Crippen LogP contribution < -0.4 is 0 Å². The van der Waals surface area contributed by atoms with Gasteiger partial charge in [0.2, 0.25) is 4.77 Å². The molecule has 0 spiro atoms. The first-order valence-corrected chi connectivity index (χ1v) is 5.70. The maximum Gasteiger partial charge on any atom is 0.215 e. The second kappa shape index (κ2) is 3.85. The number of nitrogens with zero attached hydrogens (tertiary/aromatic N) is 2. The maximum absolute atomic E-state index is 5.09. The molecule has 0 aliphatic heterocycles. The first-order chi connectivity index (χ1) is 6.66. The number of hydrogen-bond donors (Lipinski definition) is 1. The number of H-pyrrole nitrogens is 1. The fourth-order valence-electron chi connectivity index (χ4n) is 2.14. The third-order valence-corrected chi connectivity index (χ3v) is 3.55. The van der Waals surface area contributed by atoms with E-state index in [1.807, 2.05) is 11.7 Å². The van der Waals surface area contributed by atoms with Crippen LogP contribution in [0.5, 0.6) is 0 Å². The zero-order valence-electron chi connectivity index (χ0n) is 8.79. The highest BCUT2D eigenvalue weighted by Crippen LogP contribution is 2.33. The summed E-state index contributed by atoms with van der Waals surface area (Å²) in [5.74, 6) is 2.58. The monoisotopic (exact) mass is 211 g/mol. The summed E-state index contributed by atoms with van der Waals surface area (Å²) in [6.45, 7) is 2.33. The van der Waals surface area contributed by atoms with Crippen LogP contribution in [0.15, 0.2) is 0 Å². The Morgan fingerprint density at radius 2 is 2.00 bits per heavy atom. The van der Waals surface area contributed by atoms with Crippen LogP contribution in [-0.2, 0) is 7.05 Å². The molecule has 0 amide bonds. The van der Waals surface area contributed by atoms with Crippen LogP contribution in [0, 0.1) is 10.7 Å². The van der Waals surface area contributed by atoms with Gasteiger partial charge in [0.1, 0.15) is 5.82 Å². The van der Waals surface area contributed by atoms with Gasteiger partial charge in [-0.05, 0) is 31.0 Å². The van der Waals surface area contributed by atoms with Crippen molar-refractivity contribution in [1.82, 2.24) is 14.8 Å². The van der Waals surface area contributed by atoms with Crippen LogP contribution in [0.25, 0.3) is 0 Å². The van der Waals surface area contributed by atoms with Crippen LogP contribution >= 0.6 is 12.2 Å². The molecule has 1 aromatic rings. The molecule has 1 fully saturated rings. The van der Waals surface area contributed by atoms with Crippen LogP contribution in [0.4, 0.5) is 0 Å². The van der Waals surface area contributed by atoms with Gasteiger partial charge in [-0.25, -0.2) is 4.98 Å². The van der Waals surface area contributed by atoms with Crippen molar-refractivity contribution >= 4 is 12.2 Å². The number of nitrogens with one attached hydrogen (secondary N) is 1. The summed E-state index contributed by atoms with van der Waals surface area (Å²) in [4.78, 5) is 4.38. The lowest BCUT2D eigenvalue weighted by atomic mass is 9.83. The first-order valence-electron chi connectivity index (χ1n) is 5.29. The lowest BCUT2D eigenvalue weighted by molar-refractivity contribution is 0.339. The highest BCUT2D eigenvalue weighted by Gasteiger charge is 2.21. The number of rotatable bonds is 1. The predicted molar refractivity (Wildman–Crippen MR) is 58.8 cm³/mol. The highest BCUT2D eigenvalue weighted by molar-refractivity contribution is 7.71. The molecule has 0 bridgehead atoms. The SMILES string of the molecule is CC1CCC(c2nc(=S)n(C)[nH]2)CC1. The van der Waals surface area contributed by atoms with E-state index < -0.39 is 0 Å². The largest absolute Gasteiger partial charge is 0.283 e. The normalized spacial score (nSPS) is 27.9. The van der Waals surface area contributed by atoms with Gasteiger partial charge in [-0.1, -0.05) is 19.8 Å². The molecular weight excluding hydrogens is 194 g/mol. The molecule has 1 saturated carbocycles. The molecule has 1 heterocycles. The van der Waals surface area contributed by atoms with E-state index in [2.05, 4.69) is 17.0 Å². The summed E-state index contributed by atoms with van der Waals surface area (Å²) in [5.41, 5.74) is 0. The minimum absolute atomic E-state index is 0.606. The lowest BCUT2D eigenvalue weighted by Gasteiger charge is -2.24. The quantitative estimate of drug-likeness (QED) is 0.725. The van der Waals surface area contributed by atoms with Crippen LogP contribution in [0.2, 0.25) is 0 Å². The Kier molecular flexibility index (Phi) is 2.72. The van der Waals surface area contributed by atoms with Crippen molar-refractivity contribution < 1.29 is 0 Å². The maximum atomic E-state index is 5.09. The zero-order chi connectivity index (χ0) is 10.1. The number of aryl methyl sites for hydroxylation is 1. The molecule has 2 rings (SSSR count). The van der Waals surface area contributed by atoms with Crippen molar-refractivity contribution in [3.05, 3.63) is 10.6 Å². The summed E-state index contributed by atoms with van der Waals surface area (Å²) < 4.78 is 2.49. The third-order valence-electron chi connectivity index (χ3n) is 3.19. The fraction of sp³-hybridized carbons (Fsp3) is 0.800. The second-order valence-corrected chi connectivity index (χ2v) is 4.77. The Balaban J connectivity index is 2.12. The Labute approximate surface area is 89.5 Å². The van der Waals surface area contributed by atoms with Gasteiger partial charge < -0.3 is 0 Å². The smallest absolute Gasteiger partial charge is 0.215 e. The van der Waals surface area contributed by atoms with E-state index in [9.17, 15) is 0 Å². The van der Waals surface area contributed by atoms with Crippen LogP contribution in [0.3, 0.4) is 0 Å². The van der Waals surface area contributed by atoms with Gasteiger partial charge in [0.05, 0.1) is 0 Å². The van der Waals surface area contributed by atoms with Crippen molar-refractivity contribution in [1.29, 1.82) is 0 Å². The Morgan fingerprint density at radius 1 is 1.36 bits per heavy atom. The van der Waals surface area contributed by atoms with Crippen LogP contribution in [-0.4, -0.2) is 14.8 Å². The van der Waals surface area contributed by atoms with Crippen molar-refractivity contribution in [2.75, 3.05) is 0 Å². The van der Waals surface area contributed by atoms with E-state index in [-0.39, 0.29) is 0 Å². The second-order valence-electron chi connectivity index (χ2n) is 4.41. The van der Waals surface area contributed by atoms with Gasteiger partial charge in [0, 0.05) is 13.0 Å². The molecule has 1 aromatic heterocycles. The molecule has 0 atom stereocenters. The van der Waals surface area contributed by atoms with Gasteiger partial charge in [-0.3, -0.25) is 9.78 Å². The van der Waals surface area contributed by atoms with Crippen LogP contribution in [0.1, 0.15) is 44.3 Å². The zero-order valence-corrected chi connectivity index (χ0v) is 9.60. The molecule has 1 aliphatic carbocycles. The molecule has 0 unspecified atom stereocenters. The van der Waals surface area contributed by atoms with Gasteiger partial charge in [-0.2, -0.15) is 0 Å². The third kappa shape index (κ3) is 1.90. The van der Waals surface area contributed by atoms with Crippen molar-refractivity contribution in [3.8, 4) is 0 Å². The Morgan fingerprint density at radius 3 is 2.50 bits per heavy atom. The number of aromatic amines is 1. The Bertz CT molecular complexity index is 358. The molecule has 1 aliphatic rings. The summed E-state index contributed by atoms with van der Waals surface area (Å²) >= 11 is 5.09. The predicted octanol–water partition coefficient (Wildman–Crippen LogP) is 2.77. The minimum Gasteiger partial charge on any atom is -0.283 e. The molecule has 3 nitrogen and oxygen atoms in total. The minimum atomic E-state index is 0.606. The highest BCUT2D eigenvalue weighted by atomic mass is 32.1. The standard InChI is InChI=1S/C10H17N3S/c1-7-3-5-8(6-4-7)9-11-10(14)13(2)12-9/h7-8H,3-6H2,1-2H3,(H,11,12,14). The fourth-order valence-corrected chi connectivity index (χ4v) is 2.28. The number of hydrogen-bond acceptors (Lipinski definition) is 2. The average Bonchev–Trinajstić information content (AvgIpc) is 2.48. The molecule has 1 N–H and O–H groups in total. The van der Waals surface area contributed by atoms with Gasteiger partial charge in [-0.15, -0.1) is 0 Å². The molecule has 0 radical (unpaired) electrons. The summed E-state index contributed by atoms with van der Waals surface area (Å²) in [7, 11) is 1.92. The van der Waals surface area contributed by atoms with Gasteiger partial charge in [0.15, 0.2) is 0 Å². The van der Waals surface area contributed by atoms with E-state index in [1.165, 1.54) is 25.7 Å². The van der Waals surface area contributed by atoms with Crippen molar-refractivity contribution in [2.24, 2.45) is 13.0 Å². The van der Waals surface area contributed by atoms with Gasteiger partial charge >= 0.3 is 0 Å². The Hall–Kier alpha value is -0.640. The molecule has 0 saturated heterocycles. The lowest BCUT2D eigenvalue weighted by Crippen LogP contribution is -2.12.